The second kappa shape index (κ2) is 6.85. The van der Waals surface area contributed by atoms with Gasteiger partial charge >= 0.3 is 0 Å². The zero-order valence-corrected chi connectivity index (χ0v) is 9.21. The summed E-state index contributed by atoms with van der Waals surface area (Å²) in [5.41, 5.74) is 1.34. The van der Waals surface area contributed by atoms with E-state index in [-0.39, 0.29) is 0 Å². The van der Waals surface area contributed by atoms with E-state index in [4.69, 9.17) is 9.47 Å². The van der Waals surface area contributed by atoms with Crippen LogP contribution in [0, 0.1) is 0 Å². The van der Waals surface area contributed by atoms with Gasteiger partial charge in [0.1, 0.15) is 0 Å². The molecule has 1 aliphatic rings. The SMILES string of the molecule is CCNC(COCC)C1=COCCC1. The number of hydrogen-bond acceptors (Lipinski definition) is 3. The van der Waals surface area contributed by atoms with Crippen molar-refractivity contribution in [3.05, 3.63) is 11.8 Å². The Labute approximate surface area is 86.5 Å². The van der Waals surface area contributed by atoms with Gasteiger partial charge in [0.05, 0.1) is 25.5 Å². The average Bonchev–Trinajstić information content (AvgIpc) is 2.25. The number of hydrogen-bond donors (Lipinski definition) is 1. The number of ether oxygens (including phenoxy) is 2. The zero-order valence-electron chi connectivity index (χ0n) is 9.21. The van der Waals surface area contributed by atoms with Crippen LogP contribution in [0.3, 0.4) is 0 Å². The molecule has 0 spiro atoms. The Balaban J connectivity index is 2.42. The Bertz CT molecular complexity index is 180. The number of rotatable bonds is 6. The Hall–Kier alpha value is -0.540. The van der Waals surface area contributed by atoms with Gasteiger partial charge in [-0.15, -0.1) is 0 Å². The second-order valence-electron chi connectivity index (χ2n) is 3.44. The van der Waals surface area contributed by atoms with Gasteiger partial charge in [-0.05, 0) is 31.9 Å². The van der Waals surface area contributed by atoms with Crippen molar-refractivity contribution >= 4 is 0 Å². The van der Waals surface area contributed by atoms with Gasteiger partial charge in [-0.25, -0.2) is 0 Å². The van der Waals surface area contributed by atoms with Crippen LogP contribution < -0.4 is 5.32 Å². The van der Waals surface area contributed by atoms with Gasteiger partial charge in [-0.3, -0.25) is 0 Å². The molecule has 3 heteroatoms. The molecule has 0 aromatic rings. The van der Waals surface area contributed by atoms with Crippen molar-refractivity contribution in [1.29, 1.82) is 0 Å². The van der Waals surface area contributed by atoms with Crippen LogP contribution in [0.1, 0.15) is 26.7 Å². The van der Waals surface area contributed by atoms with Gasteiger partial charge in [-0.2, -0.15) is 0 Å². The summed E-state index contributed by atoms with van der Waals surface area (Å²) in [6.45, 7) is 7.49. The van der Waals surface area contributed by atoms with Gasteiger partial charge < -0.3 is 14.8 Å². The predicted molar refractivity (Wildman–Crippen MR) is 57.2 cm³/mol. The first kappa shape index (κ1) is 11.5. The number of nitrogens with one attached hydrogen (secondary N) is 1. The molecule has 1 heterocycles. The first-order valence-electron chi connectivity index (χ1n) is 5.50. The van der Waals surface area contributed by atoms with Crippen molar-refractivity contribution in [1.82, 2.24) is 5.32 Å². The molecule has 1 rings (SSSR count). The average molecular weight is 199 g/mol. The first-order chi connectivity index (χ1) is 6.88. The van der Waals surface area contributed by atoms with E-state index in [1.54, 1.807) is 0 Å². The van der Waals surface area contributed by atoms with Crippen molar-refractivity contribution in [2.45, 2.75) is 32.7 Å². The monoisotopic (exact) mass is 199 g/mol. The lowest BCUT2D eigenvalue weighted by molar-refractivity contribution is 0.126. The molecular formula is C11H21NO2. The van der Waals surface area contributed by atoms with Gasteiger partial charge in [0, 0.05) is 6.61 Å². The number of likely N-dealkylation sites (N-methyl/N-ethyl adjacent to an activating group) is 1. The van der Waals surface area contributed by atoms with E-state index in [9.17, 15) is 0 Å². The van der Waals surface area contributed by atoms with Crippen molar-refractivity contribution in [2.75, 3.05) is 26.4 Å². The molecule has 0 aliphatic carbocycles. The fourth-order valence-electron chi connectivity index (χ4n) is 1.62. The third kappa shape index (κ3) is 3.68. The van der Waals surface area contributed by atoms with E-state index >= 15 is 0 Å². The van der Waals surface area contributed by atoms with Gasteiger partial charge in [0.25, 0.3) is 0 Å². The summed E-state index contributed by atoms with van der Waals surface area (Å²) in [6.07, 6.45) is 4.15. The molecular weight excluding hydrogens is 178 g/mol. The minimum absolute atomic E-state index is 0.334. The molecule has 0 bridgehead atoms. The standard InChI is InChI=1S/C11H21NO2/c1-3-12-11(9-13-4-2)10-6-5-7-14-8-10/h8,11-12H,3-7,9H2,1-2H3. The lowest BCUT2D eigenvalue weighted by atomic mass is 10.0. The smallest absolute Gasteiger partial charge is 0.0876 e. The summed E-state index contributed by atoms with van der Waals surface area (Å²) in [6, 6.07) is 0.334. The molecule has 0 fully saturated rings. The van der Waals surface area contributed by atoms with Crippen molar-refractivity contribution < 1.29 is 9.47 Å². The Morgan fingerprint density at radius 2 is 2.43 bits per heavy atom. The molecule has 0 radical (unpaired) electrons. The van der Waals surface area contributed by atoms with Crippen LogP contribution in [-0.4, -0.2) is 32.4 Å². The third-order valence-corrected chi connectivity index (χ3v) is 2.35. The summed E-state index contributed by atoms with van der Waals surface area (Å²) >= 11 is 0. The summed E-state index contributed by atoms with van der Waals surface area (Å²) in [4.78, 5) is 0. The predicted octanol–water partition coefficient (Wildman–Crippen LogP) is 1.70. The lowest BCUT2D eigenvalue weighted by Gasteiger charge is -2.23. The van der Waals surface area contributed by atoms with Crippen molar-refractivity contribution in [3.8, 4) is 0 Å². The van der Waals surface area contributed by atoms with Gasteiger partial charge in [0.15, 0.2) is 0 Å². The molecule has 1 aliphatic heterocycles. The molecule has 0 saturated heterocycles. The van der Waals surface area contributed by atoms with Crippen molar-refractivity contribution in [2.24, 2.45) is 0 Å². The van der Waals surface area contributed by atoms with Crippen LogP contribution in [-0.2, 0) is 9.47 Å². The summed E-state index contributed by atoms with van der Waals surface area (Å²) in [7, 11) is 0. The molecule has 0 aromatic heterocycles. The van der Waals surface area contributed by atoms with Crippen molar-refractivity contribution in [3.63, 3.8) is 0 Å². The maximum atomic E-state index is 5.44. The topological polar surface area (TPSA) is 30.5 Å². The summed E-state index contributed by atoms with van der Waals surface area (Å²) in [5.74, 6) is 0. The quantitative estimate of drug-likeness (QED) is 0.706. The van der Waals surface area contributed by atoms with Crippen LogP contribution in [0.2, 0.25) is 0 Å². The first-order valence-corrected chi connectivity index (χ1v) is 5.50. The van der Waals surface area contributed by atoms with E-state index in [0.29, 0.717) is 6.04 Å². The van der Waals surface area contributed by atoms with Crippen LogP contribution in [0.4, 0.5) is 0 Å². The molecule has 0 saturated carbocycles. The second-order valence-corrected chi connectivity index (χ2v) is 3.44. The van der Waals surface area contributed by atoms with Gasteiger partial charge in [0.2, 0.25) is 0 Å². The Morgan fingerprint density at radius 1 is 1.57 bits per heavy atom. The summed E-state index contributed by atoms with van der Waals surface area (Å²) < 4.78 is 10.8. The third-order valence-electron chi connectivity index (χ3n) is 2.35. The maximum absolute atomic E-state index is 5.44. The van der Waals surface area contributed by atoms with E-state index < -0.39 is 0 Å². The normalized spacial score (nSPS) is 18.6. The summed E-state index contributed by atoms with van der Waals surface area (Å²) in [5, 5.41) is 3.41. The lowest BCUT2D eigenvalue weighted by Crippen LogP contribution is -2.36. The fraction of sp³-hybridized carbons (Fsp3) is 0.818. The molecule has 1 N–H and O–H groups in total. The molecule has 0 amide bonds. The Morgan fingerprint density at radius 3 is 3.00 bits per heavy atom. The molecule has 1 unspecified atom stereocenters. The fourth-order valence-corrected chi connectivity index (χ4v) is 1.62. The highest BCUT2D eigenvalue weighted by atomic mass is 16.5. The van der Waals surface area contributed by atoms with Crippen LogP contribution in [0.15, 0.2) is 11.8 Å². The van der Waals surface area contributed by atoms with E-state index in [1.807, 2.05) is 13.2 Å². The maximum Gasteiger partial charge on any atom is 0.0876 e. The van der Waals surface area contributed by atoms with Crippen LogP contribution in [0.5, 0.6) is 0 Å². The highest BCUT2D eigenvalue weighted by Gasteiger charge is 2.15. The Kier molecular flexibility index (Phi) is 5.64. The highest BCUT2D eigenvalue weighted by Crippen LogP contribution is 2.15. The van der Waals surface area contributed by atoms with Gasteiger partial charge in [-0.1, -0.05) is 6.92 Å². The minimum Gasteiger partial charge on any atom is -0.501 e. The minimum atomic E-state index is 0.334. The van der Waals surface area contributed by atoms with E-state index in [2.05, 4.69) is 12.2 Å². The van der Waals surface area contributed by atoms with E-state index in [0.717, 1.165) is 39.2 Å². The molecule has 82 valence electrons. The largest absolute Gasteiger partial charge is 0.501 e. The molecule has 1 atom stereocenters. The zero-order chi connectivity index (χ0) is 10.2. The molecule has 0 aromatic carbocycles. The highest BCUT2D eigenvalue weighted by molar-refractivity contribution is 5.10. The van der Waals surface area contributed by atoms with Crippen LogP contribution in [0.25, 0.3) is 0 Å². The molecule has 14 heavy (non-hydrogen) atoms. The van der Waals surface area contributed by atoms with E-state index in [1.165, 1.54) is 5.57 Å². The molecule has 3 nitrogen and oxygen atoms in total. The van der Waals surface area contributed by atoms with Crippen LogP contribution >= 0.6 is 0 Å².